The van der Waals surface area contributed by atoms with Gasteiger partial charge in [0, 0.05) is 43.8 Å². The van der Waals surface area contributed by atoms with Crippen molar-refractivity contribution in [2.45, 2.75) is 0 Å². The van der Waals surface area contributed by atoms with Crippen LogP contribution in [0, 0.1) is 22.7 Å². The Hall–Kier alpha value is -8.33. The van der Waals surface area contributed by atoms with Gasteiger partial charge in [-0.1, -0.05) is 30.3 Å². The number of ether oxygens (including phenoxy) is 4. The average Bonchev–Trinajstić information content (AvgIpc) is 3.81. The van der Waals surface area contributed by atoms with Crippen molar-refractivity contribution in [3.8, 4) is 80.6 Å². The summed E-state index contributed by atoms with van der Waals surface area (Å²) in [5, 5.41) is 25.1. The lowest BCUT2D eigenvalue weighted by Crippen LogP contribution is -2.60. The Bertz CT molecular complexity index is 3960. The van der Waals surface area contributed by atoms with E-state index in [2.05, 4.69) is 112 Å². The minimum atomic E-state index is -0.157. The third-order valence-electron chi connectivity index (χ3n) is 13.9. The molecule has 0 spiro atoms. The normalized spacial score (nSPS) is 14.1. The van der Waals surface area contributed by atoms with Crippen LogP contribution in [0.1, 0.15) is 11.1 Å². The highest BCUT2D eigenvalue weighted by Crippen LogP contribution is 2.47. The van der Waals surface area contributed by atoms with E-state index >= 15 is 0 Å². The summed E-state index contributed by atoms with van der Waals surface area (Å²) in [4.78, 5) is 0. The molecular formula is C50H20B2N4O4. The Morgan fingerprint density at radius 3 is 1.80 bits per heavy atom. The van der Waals surface area contributed by atoms with Crippen LogP contribution in [0.25, 0.3) is 66.1 Å². The van der Waals surface area contributed by atoms with Gasteiger partial charge in [0.15, 0.2) is 0 Å². The molecule has 0 unspecified atom stereocenters. The number of nitriles is 2. The van der Waals surface area contributed by atoms with Crippen LogP contribution in [0.3, 0.4) is 0 Å². The monoisotopic (exact) mass is 762 g/mol. The first-order valence-electron chi connectivity index (χ1n) is 20.0. The topological polar surface area (TPSA) is 94.4 Å². The zero-order chi connectivity index (χ0) is 38.9. The molecule has 16 rings (SSSR count). The smallest absolute Gasteiger partial charge is 0.266 e. The molecule has 0 saturated heterocycles. The first-order chi connectivity index (χ1) is 29.7. The summed E-state index contributed by atoms with van der Waals surface area (Å²) >= 11 is 0. The number of aromatic nitrogens is 2. The number of nitrogens with zero attached hydrogens (tertiary/aromatic N) is 4. The van der Waals surface area contributed by atoms with Crippen LogP contribution in [-0.2, 0) is 0 Å². The summed E-state index contributed by atoms with van der Waals surface area (Å²) in [7, 11) is 0. The number of hydrogen-bond acceptors (Lipinski definition) is 6. The molecule has 0 atom stereocenters. The molecule has 8 heterocycles. The molecule has 270 valence electrons. The lowest BCUT2D eigenvalue weighted by molar-refractivity contribution is 0.463. The highest BCUT2D eigenvalue weighted by molar-refractivity contribution is 7.01. The van der Waals surface area contributed by atoms with Crippen LogP contribution < -0.4 is 51.7 Å². The van der Waals surface area contributed by atoms with Crippen molar-refractivity contribution >= 4 is 89.8 Å². The molecule has 0 amide bonds. The molecule has 0 fully saturated rings. The predicted molar refractivity (Wildman–Crippen MR) is 232 cm³/mol. The lowest BCUT2D eigenvalue weighted by atomic mass is 9.33. The second kappa shape index (κ2) is 9.67. The van der Waals surface area contributed by atoms with Gasteiger partial charge in [-0.05, 0) is 124 Å². The summed E-state index contributed by atoms with van der Waals surface area (Å²) in [5.74, 6) is 5.73. The van der Waals surface area contributed by atoms with Gasteiger partial charge in [0.05, 0.1) is 33.2 Å². The molecule has 10 aromatic rings. The van der Waals surface area contributed by atoms with E-state index < -0.39 is 0 Å². The Morgan fingerprint density at radius 2 is 1.00 bits per heavy atom. The van der Waals surface area contributed by atoms with Crippen molar-refractivity contribution in [2.24, 2.45) is 0 Å². The van der Waals surface area contributed by atoms with Gasteiger partial charge in [-0.15, -0.1) is 0 Å². The SMILES string of the molecule is N#Cc1ccc2c3c1Oc1cccc4c1B3c1c(ccc3c5cc(-c6cc7c8c(c6)Oc6c(C#N)ccc9c6B8c6c(ccc8c%10ccccc%10n-9c68)O7)ccc5n-4c13)O2. The van der Waals surface area contributed by atoms with Crippen molar-refractivity contribution in [3.05, 3.63) is 132 Å². The third kappa shape index (κ3) is 3.14. The van der Waals surface area contributed by atoms with E-state index in [0.717, 1.165) is 117 Å². The van der Waals surface area contributed by atoms with E-state index in [1.165, 1.54) is 10.8 Å². The molecule has 0 saturated carbocycles. The van der Waals surface area contributed by atoms with Gasteiger partial charge in [0.25, 0.3) is 13.4 Å². The molecule has 0 radical (unpaired) electrons. The summed E-state index contributed by atoms with van der Waals surface area (Å²) in [6, 6.07) is 46.5. The second-order valence-corrected chi connectivity index (χ2v) is 16.5. The largest absolute Gasteiger partial charge is 0.458 e. The van der Waals surface area contributed by atoms with Gasteiger partial charge >= 0.3 is 0 Å². The van der Waals surface area contributed by atoms with Crippen molar-refractivity contribution in [2.75, 3.05) is 0 Å². The molecular weight excluding hydrogens is 742 g/mol. The van der Waals surface area contributed by atoms with Gasteiger partial charge in [-0.2, -0.15) is 10.5 Å². The standard InChI is InChI=1S/C50H20B2N4O4/c53-21-24-9-14-34-42-49(24)60-40-20-26(19-39-43(40)52(42)45-37(58-39)16-11-28-27-4-1-2-5-31(27)55(34)47(28)45)23-8-13-32-30(18-23)29-12-17-36-44-48(29)56(32)33-6-3-7-35-41(33)51(44)46-38(57-36)15-10-25(22-54)50(46)59-35/h1-20H. The van der Waals surface area contributed by atoms with Gasteiger partial charge in [0.1, 0.15) is 58.1 Å². The van der Waals surface area contributed by atoms with Gasteiger partial charge < -0.3 is 28.1 Å². The minimum Gasteiger partial charge on any atom is -0.458 e. The molecule has 60 heavy (non-hydrogen) atoms. The molecule has 0 bridgehead atoms. The number of hydrogen-bond donors (Lipinski definition) is 0. The molecule has 8 nitrogen and oxygen atoms in total. The van der Waals surface area contributed by atoms with E-state index in [-0.39, 0.29) is 13.4 Å². The maximum Gasteiger partial charge on any atom is 0.266 e. The molecule has 0 N–H and O–H groups in total. The first-order valence-corrected chi connectivity index (χ1v) is 20.0. The minimum absolute atomic E-state index is 0.137. The first kappa shape index (κ1) is 29.8. The van der Waals surface area contributed by atoms with E-state index in [1.807, 2.05) is 24.3 Å². The summed E-state index contributed by atoms with van der Waals surface area (Å²) in [5.41, 5.74) is 15.6. The van der Waals surface area contributed by atoms with E-state index in [0.29, 0.717) is 28.4 Å². The van der Waals surface area contributed by atoms with Crippen molar-refractivity contribution in [1.29, 1.82) is 10.5 Å². The maximum atomic E-state index is 10.4. The van der Waals surface area contributed by atoms with Gasteiger partial charge in [-0.3, -0.25) is 0 Å². The van der Waals surface area contributed by atoms with Crippen LogP contribution in [0.2, 0.25) is 0 Å². The molecule has 10 heteroatoms. The van der Waals surface area contributed by atoms with Crippen molar-refractivity contribution < 1.29 is 18.9 Å². The zero-order valence-corrected chi connectivity index (χ0v) is 31.1. The highest BCUT2D eigenvalue weighted by Gasteiger charge is 2.49. The van der Waals surface area contributed by atoms with E-state index in [4.69, 9.17) is 18.9 Å². The van der Waals surface area contributed by atoms with Crippen LogP contribution in [0.15, 0.2) is 121 Å². The average molecular weight is 762 g/mol. The molecule has 0 aliphatic carbocycles. The number of fused-ring (bicyclic) bond motifs is 8. The Morgan fingerprint density at radius 1 is 0.400 bits per heavy atom. The van der Waals surface area contributed by atoms with Crippen LogP contribution in [-0.4, -0.2) is 22.6 Å². The van der Waals surface area contributed by atoms with E-state index in [9.17, 15) is 10.5 Å². The Kier molecular flexibility index (Phi) is 4.81. The summed E-state index contributed by atoms with van der Waals surface area (Å²) < 4.78 is 31.7. The van der Waals surface area contributed by atoms with Crippen molar-refractivity contribution in [1.82, 2.24) is 9.13 Å². The summed E-state index contributed by atoms with van der Waals surface area (Å²) in [6.45, 7) is -0.294. The Balaban J connectivity index is 0.933. The van der Waals surface area contributed by atoms with Crippen molar-refractivity contribution in [3.63, 3.8) is 0 Å². The zero-order valence-electron chi connectivity index (χ0n) is 31.1. The van der Waals surface area contributed by atoms with Crippen LogP contribution >= 0.6 is 0 Å². The van der Waals surface area contributed by atoms with Gasteiger partial charge in [0.2, 0.25) is 0 Å². The number of benzene rings is 8. The van der Waals surface area contributed by atoms with Crippen LogP contribution in [0.4, 0.5) is 0 Å². The molecule has 6 aliphatic rings. The molecule has 2 aromatic heterocycles. The maximum absolute atomic E-state index is 10.4. The number of para-hydroxylation sites is 1. The fraction of sp³-hybridized carbons (Fsp3) is 0. The predicted octanol–water partition coefficient (Wildman–Crippen LogP) is 7.37. The second-order valence-electron chi connectivity index (χ2n) is 16.5. The Labute approximate surface area is 340 Å². The lowest BCUT2D eigenvalue weighted by Gasteiger charge is -2.38. The quantitative estimate of drug-likeness (QED) is 0.162. The third-order valence-corrected chi connectivity index (χ3v) is 13.9. The van der Waals surface area contributed by atoms with E-state index in [1.54, 1.807) is 6.07 Å². The van der Waals surface area contributed by atoms with Gasteiger partial charge in [-0.25, -0.2) is 0 Å². The highest BCUT2D eigenvalue weighted by atomic mass is 16.5. The fourth-order valence-corrected chi connectivity index (χ4v) is 11.6. The number of rotatable bonds is 1. The molecule has 6 aliphatic heterocycles. The molecule has 8 aromatic carbocycles. The fourth-order valence-electron chi connectivity index (χ4n) is 11.6. The van der Waals surface area contributed by atoms with Crippen LogP contribution in [0.5, 0.6) is 46.0 Å². The summed E-state index contributed by atoms with van der Waals surface area (Å²) in [6.07, 6.45) is 0.